The molecule has 0 amide bonds. The minimum Gasteiger partial charge on any atom is -0.369 e. The van der Waals surface area contributed by atoms with Crippen LogP contribution < -0.4 is 9.80 Å². The minimum atomic E-state index is -0.655. The second kappa shape index (κ2) is 13.4. The standard InChI is InChI=1S/2C14H17N3O/c2*1-16-5-7-17(8-6-16)14-4-2-3-12(9-14)13(10-15)11-18/h2*2-4,9,11,13H,5-8H2,1H3. The quantitative estimate of drug-likeness (QED) is 0.575. The SMILES string of the molecule is CN1CCN(c2cccc(C(C#N)C=O)c2)CC1.CN1CCN(c2cccc(C(C#N)C=O)c2)CC1. The lowest BCUT2D eigenvalue weighted by Gasteiger charge is -2.34. The third kappa shape index (κ3) is 7.14. The van der Waals surface area contributed by atoms with Gasteiger partial charge in [0.25, 0.3) is 0 Å². The third-order valence-electron chi connectivity index (χ3n) is 6.75. The Kier molecular flexibility index (Phi) is 10.00. The lowest BCUT2D eigenvalue weighted by atomic mass is 10.0. The van der Waals surface area contributed by atoms with Crippen LogP contribution in [0.5, 0.6) is 0 Å². The maximum atomic E-state index is 10.8. The molecule has 2 unspecified atom stereocenters. The van der Waals surface area contributed by atoms with Crippen LogP contribution in [0.2, 0.25) is 0 Å². The Hall–Kier alpha value is -3.72. The van der Waals surface area contributed by atoms with E-state index in [2.05, 4.69) is 33.7 Å². The fourth-order valence-corrected chi connectivity index (χ4v) is 4.33. The fourth-order valence-electron chi connectivity index (χ4n) is 4.33. The summed E-state index contributed by atoms with van der Waals surface area (Å²) < 4.78 is 0. The molecule has 188 valence electrons. The molecule has 2 fully saturated rings. The maximum Gasteiger partial charge on any atom is 0.141 e. The predicted molar refractivity (Wildman–Crippen MR) is 141 cm³/mol. The molecule has 0 aliphatic carbocycles. The molecule has 2 heterocycles. The van der Waals surface area contributed by atoms with Crippen LogP contribution in [0.3, 0.4) is 0 Å². The van der Waals surface area contributed by atoms with E-state index in [1.165, 1.54) is 0 Å². The summed E-state index contributed by atoms with van der Waals surface area (Å²) in [4.78, 5) is 30.8. The van der Waals surface area contributed by atoms with Gasteiger partial charge in [-0.15, -0.1) is 0 Å². The second-order valence-electron chi connectivity index (χ2n) is 9.26. The number of anilines is 2. The lowest BCUT2D eigenvalue weighted by Crippen LogP contribution is -2.44. The molecule has 4 rings (SSSR count). The van der Waals surface area contributed by atoms with Crippen LogP contribution >= 0.6 is 0 Å². The molecule has 0 N–H and O–H groups in total. The number of nitrogens with zero attached hydrogens (tertiary/aromatic N) is 6. The van der Waals surface area contributed by atoms with Gasteiger partial charge in [0, 0.05) is 63.7 Å². The smallest absolute Gasteiger partial charge is 0.141 e. The van der Waals surface area contributed by atoms with Gasteiger partial charge in [0.15, 0.2) is 0 Å². The van der Waals surface area contributed by atoms with Crippen molar-refractivity contribution < 1.29 is 9.59 Å². The zero-order chi connectivity index (χ0) is 25.9. The van der Waals surface area contributed by atoms with E-state index in [1.54, 1.807) is 0 Å². The molecule has 0 saturated carbocycles. The summed E-state index contributed by atoms with van der Waals surface area (Å²) in [6, 6.07) is 19.5. The average Bonchev–Trinajstić information content (AvgIpc) is 2.92. The van der Waals surface area contributed by atoms with E-state index in [9.17, 15) is 9.59 Å². The summed E-state index contributed by atoms with van der Waals surface area (Å²) in [5.41, 5.74) is 3.76. The van der Waals surface area contributed by atoms with Crippen LogP contribution in [-0.2, 0) is 9.59 Å². The van der Waals surface area contributed by atoms with Crippen molar-refractivity contribution in [2.45, 2.75) is 11.8 Å². The van der Waals surface area contributed by atoms with Crippen molar-refractivity contribution in [2.24, 2.45) is 0 Å². The Balaban J connectivity index is 0.000000201. The first-order valence-corrected chi connectivity index (χ1v) is 12.3. The number of carbonyl (C=O) groups excluding carboxylic acids is 2. The van der Waals surface area contributed by atoms with Gasteiger partial charge in [0.05, 0.1) is 12.1 Å². The molecule has 0 spiro atoms. The number of benzene rings is 2. The summed E-state index contributed by atoms with van der Waals surface area (Å²) >= 11 is 0. The van der Waals surface area contributed by atoms with Crippen LogP contribution in [0, 0.1) is 22.7 Å². The van der Waals surface area contributed by atoms with Crippen molar-refractivity contribution in [1.29, 1.82) is 10.5 Å². The number of nitriles is 2. The first kappa shape index (κ1) is 26.9. The number of hydrogen-bond acceptors (Lipinski definition) is 8. The molecule has 2 aromatic rings. The first-order valence-electron chi connectivity index (χ1n) is 12.3. The number of rotatable bonds is 6. The Bertz CT molecular complexity index is 1000. The van der Waals surface area contributed by atoms with Gasteiger partial charge < -0.3 is 29.2 Å². The monoisotopic (exact) mass is 486 g/mol. The minimum absolute atomic E-state index is 0.655. The Morgan fingerprint density at radius 3 is 1.33 bits per heavy atom. The molecule has 8 nitrogen and oxygen atoms in total. The predicted octanol–water partition coefficient (Wildman–Crippen LogP) is 2.49. The Morgan fingerprint density at radius 2 is 1.03 bits per heavy atom. The van der Waals surface area contributed by atoms with E-state index < -0.39 is 11.8 Å². The summed E-state index contributed by atoms with van der Waals surface area (Å²) in [7, 11) is 4.23. The van der Waals surface area contributed by atoms with Crippen LogP contribution in [0.1, 0.15) is 23.0 Å². The Labute approximate surface area is 213 Å². The lowest BCUT2D eigenvalue weighted by molar-refractivity contribution is -0.108. The number of likely N-dealkylation sites (N-methyl/N-ethyl adjacent to an activating group) is 2. The zero-order valence-electron chi connectivity index (χ0n) is 21.1. The van der Waals surface area contributed by atoms with Crippen LogP contribution in [0.25, 0.3) is 0 Å². The second-order valence-corrected chi connectivity index (χ2v) is 9.26. The maximum absolute atomic E-state index is 10.8. The molecule has 2 aliphatic heterocycles. The zero-order valence-corrected chi connectivity index (χ0v) is 21.1. The molecule has 0 bridgehead atoms. The molecule has 36 heavy (non-hydrogen) atoms. The van der Waals surface area contributed by atoms with Crippen molar-refractivity contribution >= 4 is 23.9 Å². The summed E-state index contributed by atoms with van der Waals surface area (Å²) in [5, 5.41) is 17.8. The number of piperazine rings is 2. The van der Waals surface area contributed by atoms with E-state index in [4.69, 9.17) is 10.5 Å². The highest BCUT2D eigenvalue weighted by atomic mass is 16.1. The molecule has 2 atom stereocenters. The van der Waals surface area contributed by atoms with Crippen molar-refractivity contribution in [3.63, 3.8) is 0 Å². The van der Waals surface area contributed by atoms with Crippen LogP contribution in [0.15, 0.2) is 48.5 Å². The van der Waals surface area contributed by atoms with Gasteiger partial charge in [-0.3, -0.25) is 0 Å². The van der Waals surface area contributed by atoms with Gasteiger partial charge in [-0.05, 0) is 49.5 Å². The average molecular weight is 487 g/mol. The summed E-state index contributed by atoms with van der Waals surface area (Å²) in [5.74, 6) is -1.31. The largest absolute Gasteiger partial charge is 0.369 e. The number of aldehydes is 2. The topological polar surface area (TPSA) is 94.7 Å². The fraction of sp³-hybridized carbons (Fsp3) is 0.429. The van der Waals surface area contributed by atoms with E-state index in [-0.39, 0.29) is 0 Å². The molecule has 0 aromatic heterocycles. The highest BCUT2D eigenvalue weighted by molar-refractivity contribution is 5.68. The van der Waals surface area contributed by atoms with Gasteiger partial charge in [0.2, 0.25) is 0 Å². The molecular formula is C28H34N6O2. The van der Waals surface area contributed by atoms with Gasteiger partial charge in [-0.2, -0.15) is 10.5 Å². The molecule has 2 aromatic carbocycles. The van der Waals surface area contributed by atoms with Crippen molar-refractivity contribution in [1.82, 2.24) is 9.80 Å². The first-order chi connectivity index (χ1) is 17.5. The van der Waals surface area contributed by atoms with Crippen molar-refractivity contribution in [2.75, 3.05) is 76.3 Å². The number of carbonyl (C=O) groups is 2. The molecule has 2 saturated heterocycles. The van der Waals surface area contributed by atoms with Gasteiger partial charge in [-0.1, -0.05) is 24.3 Å². The molecule has 0 radical (unpaired) electrons. The van der Waals surface area contributed by atoms with E-state index in [0.29, 0.717) is 12.6 Å². The normalized spacial score (nSPS) is 18.1. The highest BCUT2D eigenvalue weighted by Gasteiger charge is 2.17. The Morgan fingerprint density at radius 1 is 0.667 bits per heavy atom. The van der Waals surface area contributed by atoms with Gasteiger partial charge >= 0.3 is 0 Å². The van der Waals surface area contributed by atoms with Crippen LogP contribution in [-0.4, -0.2) is 88.8 Å². The van der Waals surface area contributed by atoms with E-state index >= 15 is 0 Å². The third-order valence-corrected chi connectivity index (χ3v) is 6.75. The van der Waals surface area contributed by atoms with Crippen molar-refractivity contribution in [3.05, 3.63) is 59.7 Å². The molecular weight excluding hydrogens is 452 g/mol. The summed E-state index contributed by atoms with van der Waals surface area (Å²) in [6.45, 7) is 8.10. The highest BCUT2D eigenvalue weighted by Crippen LogP contribution is 2.23. The van der Waals surface area contributed by atoms with Gasteiger partial charge in [0.1, 0.15) is 24.4 Å². The van der Waals surface area contributed by atoms with E-state index in [1.807, 2.05) is 60.7 Å². The summed E-state index contributed by atoms with van der Waals surface area (Å²) in [6.07, 6.45) is 1.40. The van der Waals surface area contributed by atoms with Crippen molar-refractivity contribution in [3.8, 4) is 12.1 Å². The molecule has 8 heteroatoms. The van der Waals surface area contributed by atoms with Gasteiger partial charge in [-0.25, -0.2) is 0 Å². The van der Waals surface area contributed by atoms with Crippen LogP contribution in [0.4, 0.5) is 11.4 Å². The van der Waals surface area contributed by atoms with E-state index in [0.717, 1.165) is 74.9 Å². The molecule has 2 aliphatic rings. The number of hydrogen-bond donors (Lipinski definition) is 0.